The standard InChI is InChI=1S/C18H19N3O4/c1-12(22)17(18(23)19-13-7-5-4-6-8-13)21-20-14-9-15(24-2)11-16(10-14)25-3/h4-11,17H,1-3H3,(H,19,23). The van der Waals surface area contributed by atoms with Gasteiger partial charge < -0.3 is 14.8 Å². The van der Waals surface area contributed by atoms with Crippen molar-refractivity contribution in [3.05, 3.63) is 48.5 Å². The number of azo groups is 1. The van der Waals surface area contributed by atoms with Gasteiger partial charge in [0.1, 0.15) is 11.5 Å². The number of carbonyl (C=O) groups is 2. The lowest BCUT2D eigenvalue weighted by molar-refractivity contribution is -0.126. The van der Waals surface area contributed by atoms with Crippen molar-refractivity contribution in [2.75, 3.05) is 19.5 Å². The highest BCUT2D eigenvalue weighted by atomic mass is 16.5. The summed E-state index contributed by atoms with van der Waals surface area (Å²) in [5.41, 5.74) is 0.993. The van der Waals surface area contributed by atoms with Crippen LogP contribution in [0.25, 0.3) is 0 Å². The van der Waals surface area contributed by atoms with Crippen LogP contribution in [0.5, 0.6) is 11.5 Å². The Bertz CT molecular complexity index is 753. The Morgan fingerprint density at radius 3 is 2.12 bits per heavy atom. The van der Waals surface area contributed by atoms with E-state index in [2.05, 4.69) is 15.5 Å². The van der Waals surface area contributed by atoms with Crippen molar-refractivity contribution in [3.63, 3.8) is 0 Å². The number of methoxy groups -OCH3 is 2. The summed E-state index contributed by atoms with van der Waals surface area (Å²) in [7, 11) is 3.03. The van der Waals surface area contributed by atoms with E-state index in [1.165, 1.54) is 21.1 Å². The Kier molecular flexibility index (Phi) is 6.22. The maximum atomic E-state index is 12.3. The number of hydrogen-bond acceptors (Lipinski definition) is 6. The number of nitrogens with one attached hydrogen (secondary N) is 1. The number of para-hydroxylation sites is 1. The van der Waals surface area contributed by atoms with Crippen LogP contribution in [0, 0.1) is 0 Å². The molecule has 7 nitrogen and oxygen atoms in total. The van der Waals surface area contributed by atoms with E-state index in [1.54, 1.807) is 42.5 Å². The highest BCUT2D eigenvalue weighted by Gasteiger charge is 2.23. The summed E-state index contributed by atoms with van der Waals surface area (Å²) in [4.78, 5) is 24.1. The van der Waals surface area contributed by atoms with Crippen LogP contribution in [0.1, 0.15) is 6.92 Å². The molecule has 0 saturated carbocycles. The molecule has 1 unspecified atom stereocenters. The van der Waals surface area contributed by atoms with Gasteiger partial charge in [-0.15, -0.1) is 0 Å². The molecule has 0 fully saturated rings. The van der Waals surface area contributed by atoms with Crippen LogP contribution < -0.4 is 14.8 Å². The molecule has 1 atom stereocenters. The van der Waals surface area contributed by atoms with Gasteiger partial charge in [-0.1, -0.05) is 18.2 Å². The lowest BCUT2D eigenvalue weighted by Crippen LogP contribution is -2.31. The first-order valence-electron chi connectivity index (χ1n) is 7.53. The number of rotatable bonds is 7. The molecule has 0 radical (unpaired) electrons. The molecule has 0 heterocycles. The molecule has 25 heavy (non-hydrogen) atoms. The fourth-order valence-corrected chi connectivity index (χ4v) is 2.03. The summed E-state index contributed by atoms with van der Waals surface area (Å²) >= 11 is 0. The third kappa shape index (κ3) is 5.13. The average molecular weight is 341 g/mol. The fourth-order valence-electron chi connectivity index (χ4n) is 2.03. The molecule has 130 valence electrons. The van der Waals surface area contributed by atoms with Gasteiger partial charge in [0.25, 0.3) is 5.91 Å². The molecule has 0 aromatic heterocycles. The molecular formula is C18H19N3O4. The van der Waals surface area contributed by atoms with Gasteiger partial charge in [0.05, 0.1) is 19.9 Å². The monoisotopic (exact) mass is 341 g/mol. The van der Waals surface area contributed by atoms with Crippen molar-refractivity contribution in [1.29, 1.82) is 0 Å². The molecule has 0 aliphatic carbocycles. The van der Waals surface area contributed by atoms with Crippen molar-refractivity contribution in [2.45, 2.75) is 13.0 Å². The minimum absolute atomic E-state index is 0.410. The molecule has 2 rings (SSSR count). The average Bonchev–Trinajstić information content (AvgIpc) is 2.62. The zero-order chi connectivity index (χ0) is 18.2. The quantitative estimate of drug-likeness (QED) is 0.617. The van der Waals surface area contributed by atoms with Crippen molar-refractivity contribution in [2.24, 2.45) is 10.2 Å². The highest BCUT2D eigenvalue weighted by Crippen LogP contribution is 2.28. The number of Topliss-reactive ketones (excluding diaryl/α,β-unsaturated/α-hetero) is 1. The number of amides is 1. The summed E-state index contributed by atoms with van der Waals surface area (Å²) in [5, 5.41) is 10.5. The minimum Gasteiger partial charge on any atom is -0.497 e. The van der Waals surface area contributed by atoms with Gasteiger partial charge in [0.2, 0.25) is 6.04 Å². The lowest BCUT2D eigenvalue weighted by atomic mass is 10.2. The molecule has 1 amide bonds. The number of hydrogen-bond donors (Lipinski definition) is 1. The molecule has 0 bridgehead atoms. The predicted octanol–water partition coefficient (Wildman–Crippen LogP) is 3.38. The zero-order valence-electron chi connectivity index (χ0n) is 14.2. The SMILES string of the molecule is COc1cc(N=NC(C(C)=O)C(=O)Nc2ccccc2)cc(OC)c1. The normalized spacial score (nSPS) is 11.8. The lowest BCUT2D eigenvalue weighted by Gasteiger charge is -2.09. The number of carbonyl (C=O) groups excluding carboxylic acids is 2. The Morgan fingerprint density at radius 2 is 1.60 bits per heavy atom. The van der Waals surface area contributed by atoms with Crippen LogP contribution in [-0.4, -0.2) is 32.0 Å². The van der Waals surface area contributed by atoms with Gasteiger partial charge in [-0.3, -0.25) is 9.59 Å². The number of anilines is 1. The second kappa shape index (κ2) is 8.58. The molecule has 0 saturated heterocycles. The van der Waals surface area contributed by atoms with E-state index >= 15 is 0 Å². The molecule has 0 aliphatic rings. The highest BCUT2D eigenvalue weighted by molar-refractivity contribution is 6.10. The summed E-state index contributed by atoms with van der Waals surface area (Å²) in [6, 6.07) is 12.5. The third-order valence-corrected chi connectivity index (χ3v) is 3.30. The van der Waals surface area contributed by atoms with E-state index in [4.69, 9.17) is 9.47 Å². The van der Waals surface area contributed by atoms with E-state index < -0.39 is 17.7 Å². The maximum Gasteiger partial charge on any atom is 0.258 e. The van der Waals surface area contributed by atoms with Crippen molar-refractivity contribution >= 4 is 23.1 Å². The van der Waals surface area contributed by atoms with Crippen LogP contribution in [0.15, 0.2) is 58.8 Å². The predicted molar refractivity (Wildman–Crippen MR) is 93.6 cm³/mol. The number of ether oxygens (including phenoxy) is 2. The van der Waals surface area contributed by atoms with E-state index in [9.17, 15) is 9.59 Å². The van der Waals surface area contributed by atoms with Gasteiger partial charge in [0.15, 0.2) is 5.78 Å². The van der Waals surface area contributed by atoms with E-state index in [0.717, 1.165) is 0 Å². The minimum atomic E-state index is -1.24. The van der Waals surface area contributed by atoms with Crippen LogP contribution in [0.2, 0.25) is 0 Å². The topological polar surface area (TPSA) is 89.4 Å². The third-order valence-electron chi connectivity index (χ3n) is 3.30. The Morgan fingerprint density at radius 1 is 1.00 bits per heavy atom. The van der Waals surface area contributed by atoms with E-state index in [1.807, 2.05) is 6.07 Å². The van der Waals surface area contributed by atoms with Crippen LogP contribution in [0.4, 0.5) is 11.4 Å². The molecule has 0 aliphatic heterocycles. The molecular weight excluding hydrogens is 322 g/mol. The van der Waals surface area contributed by atoms with Gasteiger partial charge in [0, 0.05) is 23.9 Å². The van der Waals surface area contributed by atoms with Gasteiger partial charge in [-0.25, -0.2) is 0 Å². The van der Waals surface area contributed by atoms with Gasteiger partial charge in [-0.05, 0) is 19.1 Å². The molecule has 0 spiro atoms. The summed E-state index contributed by atoms with van der Waals surface area (Å²) in [5.74, 6) is 0.104. The number of benzene rings is 2. The smallest absolute Gasteiger partial charge is 0.258 e. The van der Waals surface area contributed by atoms with Crippen molar-refractivity contribution < 1.29 is 19.1 Å². The van der Waals surface area contributed by atoms with E-state index in [0.29, 0.717) is 22.9 Å². The van der Waals surface area contributed by atoms with Crippen LogP contribution >= 0.6 is 0 Å². The second-order valence-electron chi connectivity index (χ2n) is 5.15. The fraction of sp³-hybridized carbons (Fsp3) is 0.222. The maximum absolute atomic E-state index is 12.3. The first-order chi connectivity index (χ1) is 12.0. The van der Waals surface area contributed by atoms with Crippen LogP contribution in [0.3, 0.4) is 0 Å². The Labute approximate surface area is 145 Å². The first kappa shape index (κ1) is 18.1. The van der Waals surface area contributed by atoms with Crippen molar-refractivity contribution in [1.82, 2.24) is 0 Å². The Balaban J connectivity index is 2.19. The van der Waals surface area contributed by atoms with Gasteiger partial charge >= 0.3 is 0 Å². The summed E-state index contributed by atoms with van der Waals surface area (Å²) in [6.45, 7) is 1.29. The van der Waals surface area contributed by atoms with Crippen LogP contribution in [-0.2, 0) is 9.59 Å². The number of ketones is 1. The Hall–Kier alpha value is -3.22. The van der Waals surface area contributed by atoms with Crippen molar-refractivity contribution in [3.8, 4) is 11.5 Å². The largest absolute Gasteiger partial charge is 0.497 e. The summed E-state index contributed by atoms with van der Waals surface area (Å²) < 4.78 is 10.3. The molecule has 2 aromatic rings. The summed E-state index contributed by atoms with van der Waals surface area (Å²) in [6.07, 6.45) is 0. The molecule has 1 N–H and O–H groups in total. The van der Waals surface area contributed by atoms with Gasteiger partial charge in [-0.2, -0.15) is 10.2 Å². The zero-order valence-corrected chi connectivity index (χ0v) is 14.2. The molecule has 7 heteroatoms. The first-order valence-corrected chi connectivity index (χ1v) is 7.53. The molecule has 2 aromatic carbocycles. The number of nitrogens with zero attached hydrogens (tertiary/aromatic N) is 2. The second-order valence-corrected chi connectivity index (χ2v) is 5.15. The van der Waals surface area contributed by atoms with E-state index in [-0.39, 0.29) is 0 Å².